The second-order valence-electron chi connectivity index (χ2n) is 7.58. The Labute approximate surface area is 146 Å². The minimum atomic E-state index is 0.122. The van der Waals surface area contributed by atoms with E-state index in [2.05, 4.69) is 55.4 Å². The quantitative estimate of drug-likeness (QED) is 0.868. The summed E-state index contributed by atoms with van der Waals surface area (Å²) < 4.78 is 0. The van der Waals surface area contributed by atoms with Crippen LogP contribution in [0.15, 0.2) is 24.3 Å². The molecule has 4 heteroatoms. The second-order valence-corrected chi connectivity index (χ2v) is 7.58. The minimum Gasteiger partial charge on any atom is -0.331 e. The van der Waals surface area contributed by atoms with E-state index in [1.54, 1.807) is 0 Å². The number of likely N-dealkylation sites (tertiary alicyclic amines) is 1. The van der Waals surface area contributed by atoms with Crippen molar-refractivity contribution in [3.63, 3.8) is 0 Å². The lowest BCUT2D eigenvalue weighted by atomic mass is 9.98. The number of nitrogens with zero attached hydrogens (tertiary/aromatic N) is 2. The van der Waals surface area contributed by atoms with Gasteiger partial charge in [0.2, 0.25) is 0 Å². The normalized spacial score (nSPS) is 22.0. The van der Waals surface area contributed by atoms with E-state index in [0.717, 1.165) is 32.6 Å². The molecule has 4 nitrogen and oxygen atoms in total. The maximum atomic E-state index is 12.8. The maximum absolute atomic E-state index is 12.8. The van der Waals surface area contributed by atoms with Crippen molar-refractivity contribution in [2.45, 2.75) is 39.2 Å². The third-order valence-electron chi connectivity index (χ3n) is 5.58. The molecule has 132 valence electrons. The number of nitrogens with one attached hydrogen (secondary N) is 1. The van der Waals surface area contributed by atoms with Gasteiger partial charge in [-0.15, -0.1) is 0 Å². The summed E-state index contributed by atoms with van der Waals surface area (Å²) in [6, 6.07) is 8.76. The Kier molecular flexibility index (Phi) is 5.44. The van der Waals surface area contributed by atoms with Gasteiger partial charge in [0, 0.05) is 19.6 Å². The van der Waals surface area contributed by atoms with Crippen LogP contribution in [0, 0.1) is 18.8 Å². The fraction of sp³-hybridized carbons (Fsp3) is 0.650. The summed E-state index contributed by atoms with van der Waals surface area (Å²) in [5.41, 5.74) is 2.56. The summed E-state index contributed by atoms with van der Waals surface area (Å²) in [5, 5.41) is 3.34. The number of hydrogen-bond acceptors (Lipinski definition) is 2. The van der Waals surface area contributed by atoms with Crippen LogP contribution < -0.4 is 5.32 Å². The van der Waals surface area contributed by atoms with Gasteiger partial charge < -0.3 is 15.1 Å². The number of carbonyl (C=O) groups excluding carboxylic acids is 1. The molecule has 1 aliphatic heterocycles. The molecule has 24 heavy (non-hydrogen) atoms. The number of rotatable bonds is 6. The highest BCUT2D eigenvalue weighted by molar-refractivity contribution is 5.75. The Balaban J connectivity index is 1.60. The van der Waals surface area contributed by atoms with Crippen LogP contribution >= 0.6 is 0 Å². The molecule has 3 rings (SSSR count). The fourth-order valence-electron chi connectivity index (χ4n) is 3.78. The smallest absolute Gasteiger partial charge is 0.317 e. The average Bonchev–Trinajstić information content (AvgIpc) is 3.32. The molecule has 1 aromatic rings. The second kappa shape index (κ2) is 7.56. The first-order valence-electron chi connectivity index (χ1n) is 9.38. The SMILES string of the molecule is CCN(C)C[C@H]1CCN(C(=O)N[C@@H](c2ccccc2C)C2CC2)C1. The van der Waals surface area contributed by atoms with Crippen molar-refractivity contribution >= 4 is 6.03 Å². The number of amides is 2. The van der Waals surface area contributed by atoms with Gasteiger partial charge in [-0.05, 0) is 62.7 Å². The molecule has 2 aliphatic rings. The topological polar surface area (TPSA) is 35.6 Å². The fourth-order valence-corrected chi connectivity index (χ4v) is 3.78. The van der Waals surface area contributed by atoms with E-state index < -0.39 is 0 Å². The van der Waals surface area contributed by atoms with Gasteiger partial charge >= 0.3 is 6.03 Å². The third kappa shape index (κ3) is 4.10. The van der Waals surface area contributed by atoms with Crippen molar-refractivity contribution in [1.29, 1.82) is 0 Å². The van der Waals surface area contributed by atoms with Gasteiger partial charge in [-0.2, -0.15) is 0 Å². The van der Waals surface area contributed by atoms with E-state index in [-0.39, 0.29) is 12.1 Å². The molecule has 1 heterocycles. The van der Waals surface area contributed by atoms with Crippen molar-refractivity contribution in [1.82, 2.24) is 15.1 Å². The molecule has 1 saturated carbocycles. The van der Waals surface area contributed by atoms with Crippen LogP contribution in [0.4, 0.5) is 4.79 Å². The molecule has 2 amide bonds. The number of hydrogen-bond donors (Lipinski definition) is 1. The van der Waals surface area contributed by atoms with Crippen LogP contribution in [0.1, 0.15) is 43.4 Å². The Bertz CT molecular complexity index is 570. The molecule has 0 aromatic heterocycles. The van der Waals surface area contributed by atoms with Crippen molar-refractivity contribution in [3.05, 3.63) is 35.4 Å². The van der Waals surface area contributed by atoms with E-state index in [1.807, 2.05) is 4.90 Å². The number of aryl methyl sites for hydroxylation is 1. The zero-order chi connectivity index (χ0) is 17.1. The lowest BCUT2D eigenvalue weighted by Gasteiger charge is -2.25. The van der Waals surface area contributed by atoms with Gasteiger partial charge in [0.15, 0.2) is 0 Å². The van der Waals surface area contributed by atoms with Crippen LogP contribution in [0.2, 0.25) is 0 Å². The van der Waals surface area contributed by atoms with Crippen molar-refractivity contribution in [2.75, 3.05) is 33.2 Å². The molecule has 1 aliphatic carbocycles. The van der Waals surface area contributed by atoms with Gasteiger partial charge in [0.1, 0.15) is 0 Å². The van der Waals surface area contributed by atoms with Gasteiger partial charge in [-0.3, -0.25) is 0 Å². The predicted molar refractivity (Wildman–Crippen MR) is 98.0 cm³/mol. The van der Waals surface area contributed by atoms with E-state index >= 15 is 0 Å². The number of urea groups is 1. The zero-order valence-electron chi connectivity index (χ0n) is 15.3. The van der Waals surface area contributed by atoms with Crippen molar-refractivity contribution in [2.24, 2.45) is 11.8 Å². The highest BCUT2D eigenvalue weighted by atomic mass is 16.2. The molecular weight excluding hydrogens is 298 g/mol. The van der Waals surface area contributed by atoms with E-state index in [1.165, 1.54) is 24.0 Å². The van der Waals surface area contributed by atoms with Crippen LogP contribution in [-0.4, -0.2) is 49.1 Å². The summed E-state index contributed by atoms with van der Waals surface area (Å²) >= 11 is 0. The highest BCUT2D eigenvalue weighted by Crippen LogP contribution is 2.42. The molecule has 2 atom stereocenters. The average molecular weight is 329 g/mol. The Morgan fingerprint density at radius 1 is 1.33 bits per heavy atom. The van der Waals surface area contributed by atoms with E-state index in [9.17, 15) is 4.79 Å². The lowest BCUT2D eigenvalue weighted by molar-refractivity contribution is 0.199. The molecule has 0 bridgehead atoms. The Morgan fingerprint density at radius 2 is 2.08 bits per heavy atom. The molecule has 1 saturated heterocycles. The van der Waals surface area contributed by atoms with Crippen LogP contribution in [0.25, 0.3) is 0 Å². The van der Waals surface area contributed by atoms with Crippen LogP contribution in [-0.2, 0) is 0 Å². The maximum Gasteiger partial charge on any atom is 0.317 e. The number of carbonyl (C=O) groups is 1. The first-order valence-corrected chi connectivity index (χ1v) is 9.38. The largest absolute Gasteiger partial charge is 0.331 e. The molecule has 1 aromatic carbocycles. The highest BCUT2D eigenvalue weighted by Gasteiger charge is 2.36. The summed E-state index contributed by atoms with van der Waals surface area (Å²) in [5.74, 6) is 1.22. The predicted octanol–water partition coefficient (Wildman–Crippen LogP) is 3.43. The first kappa shape index (κ1) is 17.3. The van der Waals surface area contributed by atoms with Crippen molar-refractivity contribution < 1.29 is 4.79 Å². The summed E-state index contributed by atoms with van der Waals surface area (Å²) in [7, 11) is 2.16. The van der Waals surface area contributed by atoms with E-state index in [4.69, 9.17) is 0 Å². The minimum absolute atomic E-state index is 0.122. The van der Waals surface area contributed by atoms with Crippen molar-refractivity contribution in [3.8, 4) is 0 Å². The molecule has 2 fully saturated rings. The molecule has 1 N–H and O–H groups in total. The van der Waals surface area contributed by atoms with Gasteiger partial charge in [0.05, 0.1) is 6.04 Å². The molecule has 0 unspecified atom stereocenters. The lowest BCUT2D eigenvalue weighted by Crippen LogP contribution is -2.41. The molecule has 0 radical (unpaired) electrons. The van der Waals surface area contributed by atoms with Gasteiger partial charge in [-0.25, -0.2) is 4.79 Å². The molecule has 0 spiro atoms. The summed E-state index contributed by atoms with van der Waals surface area (Å²) in [6.45, 7) is 8.26. The Hall–Kier alpha value is -1.55. The monoisotopic (exact) mass is 329 g/mol. The molecular formula is C20H31N3O. The van der Waals surface area contributed by atoms with Gasteiger partial charge in [-0.1, -0.05) is 31.2 Å². The Morgan fingerprint density at radius 3 is 2.75 bits per heavy atom. The van der Waals surface area contributed by atoms with Crippen LogP contribution in [0.3, 0.4) is 0 Å². The third-order valence-corrected chi connectivity index (χ3v) is 5.58. The van der Waals surface area contributed by atoms with E-state index in [0.29, 0.717) is 11.8 Å². The summed E-state index contributed by atoms with van der Waals surface area (Å²) in [6.07, 6.45) is 3.57. The van der Waals surface area contributed by atoms with Gasteiger partial charge in [0.25, 0.3) is 0 Å². The van der Waals surface area contributed by atoms with Crippen LogP contribution in [0.5, 0.6) is 0 Å². The number of benzene rings is 1. The first-order chi connectivity index (χ1) is 11.6. The zero-order valence-corrected chi connectivity index (χ0v) is 15.3. The summed E-state index contributed by atoms with van der Waals surface area (Å²) in [4.78, 5) is 17.1. The standard InChI is InChI=1S/C20H31N3O/c1-4-22(3)13-16-11-12-23(14-16)20(24)21-19(17-9-10-17)18-8-6-5-7-15(18)2/h5-8,16-17,19H,4,9-14H2,1-3H3,(H,21,24)/t16-,19-/m1/s1.